The first-order valence-corrected chi connectivity index (χ1v) is 12.6. The summed E-state index contributed by atoms with van der Waals surface area (Å²) in [6.07, 6.45) is 4.08. The van der Waals surface area contributed by atoms with Crippen LogP contribution < -0.4 is 10.6 Å². The highest BCUT2D eigenvalue weighted by molar-refractivity contribution is 7.18. The number of hydrogen-bond acceptors (Lipinski definition) is 10. The molecule has 4 rings (SSSR count). The zero-order valence-corrected chi connectivity index (χ0v) is 22.1. The van der Waals surface area contributed by atoms with Crippen molar-refractivity contribution in [3.05, 3.63) is 78.0 Å². The summed E-state index contributed by atoms with van der Waals surface area (Å²) < 4.78 is 1.21. The minimum absolute atomic E-state index is 0.0243. The van der Waals surface area contributed by atoms with Gasteiger partial charge in [-0.25, -0.2) is 29.1 Å². The van der Waals surface area contributed by atoms with E-state index in [-0.39, 0.29) is 6.04 Å². The maximum atomic E-state index is 9.55. The average Bonchev–Trinajstić information content (AvgIpc) is 3.37. The molecule has 1 aromatic carbocycles. The number of para-hydroxylation sites is 1. The van der Waals surface area contributed by atoms with Crippen molar-refractivity contribution in [1.82, 2.24) is 14.9 Å². The number of thiazole rings is 1. The highest BCUT2D eigenvalue weighted by atomic mass is 32.1. The second-order valence-corrected chi connectivity index (χ2v) is 9.18. The number of nitrogens with zero attached hydrogens (tertiary/aromatic N) is 4. The van der Waals surface area contributed by atoms with Gasteiger partial charge in [0.1, 0.15) is 10.8 Å². The van der Waals surface area contributed by atoms with Crippen molar-refractivity contribution in [1.29, 1.82) is 0 Å². The molecule has 0 amide bonds. The zero-order valence-electron chi connectivity index (χ0n) is 21.2. The summed E-state index contributed by atoms with van der Waals surface area (Å²) in [5.41, 5.74) is 7.46. The fraction of sp³-hybridized carbons (Fsp3) is 0.231. The Hall–Kier alpha value is -4.66. The molecule has 40 heavy (non-hydrogen) atoms. The standard InChI is InChI=1S/C18H21N5S.2C4H4O4/c19-14(18-21-15-5-1-2-6-16(15)24-18)13-22-9-11-23(12-10-22)17-7-3-4-8-20-17;2*5-3(6)1-2-4(7)8/h1-8,14H,9-13,19H2;2*1-2H,(H,5,6)(H,7,8)/b;2*2-1+. The molecule has 3 aromatic rings. The van der Waals surface area contributed by atoms with Crippen LogP contribution in [0.4, 0.5) is 5.82 Å². The number of anilines is 1. The smallest absolute Gasteiger partial charge is 0.328 e. The molecule has 0 saturated carbocycles. The predicted molar refractivity (Wildman–Crippen MR) is 148 cm³/mol. The summed E-state index contributed by atoms with van der Waals surface area (Å²) in [5, 5.41) is 32.3. The Balaban J connectivity index is 0.000000290. The molecular formula is C26H29N5O8S. The van der Waals surface area contributed by atoms with Crippen molar-refractivity contribution in [3.8, 4) is 0 Å². The molecule has 0 aliphatic carbocycles. The summed E-state index contributed by atoms with van der Waals surface area (Å²) in [6.45, 7) is 4.85. The van der Waals surface area contributed by atoms with Crippen LogP contribution in [0, 0.1) is 0 Å². The maximum absolute atomic E-state index is 9.55. The molecular weight excluding hydrogens is 542 g/mol. The summed E-state index contributed by atoms with van der Waals surface area (Å²) >= 11 is 1.71. The largest absolute Gasteiger partial charge is 0.478 e. The van der Waals surface area contributed by atoms with Gasteiger partial charge in [-0.15, -0.1) is 11.3 Å². The first-order valence-electron chi connectivity index (χ1n) is 11.8. The molecule has 2 aromatic heterocycles. The third-order valence-electron chi connectivity index (χ3n) is 5.17. The Morgan fingerprint density at radius 3 is 1.82 bits per heavy atom. The van der Waals surface area contributed by atoms with Crippen LogP contribution in [0.3, 0.4) is 0 Å². The summed E-state index contributed by atoms with van der Waals surface area (Å²) in [4.78, 5) is 52.1. The van der Waals surface area contributed by atoms with Gasteiger partial charge in [0.05, 0.1) is 16.3 Å². The van der Waals surface area contributed by atoms with Gasteiger partial charge in [0, 0.05) is 63.2 Å². The normalized spacial score (nSPS) is 14.2. The van der Waals surface area contributed by atoms with Crippen molar-refractivity contribution in [3.63, 3.8) is 0 Å². The van der Waals surface area contributed by atoms with Gasteiger partial charge < -0.3 is 31.1 Å². The predicted octanol–water partition coefficient (Wildman–Crippen LogP) is 1.94. The number of rotatable bonds is 8. The van der Waals surface area contributed by atoms with E-state index in [0.717, 1.165) is 49.1 Å². The first-order chi connectivity index (χ1) is 19.0. The van der Waals surface area contributed by atoms with E-state index >= 15 is 0 Å². The SMILES string of the molecule is NC(CN1CCN(c2ccccn2)CC1)c1nc2ccccc2s1.O=C(O)/C=C/C(=O)O.O=C(O)/C=C/C(=O)O. The number of benzene rings is 1. The van der Waals surface area contributed by atoms with E-state index in [1.54, 1.807) is 11.3 Å². The molecule has 13 nitrogen and oxygen atoms in total. The topological polar surface area (TPSA) is 207 Å². The van der Waals surface area contributed by atoms with E-state index in [9.17, 15) is 19.2 Å². The van der Waals surface area contributed by atoms with Crippen LogP contribution in [0.5, 0.6) is 0 Å². The van der Waals surface area contributed by atoms with E-state index in [1.165, 1.54) is 4.70 Å². The third-order valence-corrected chi connectivity index (χ3v) is 6.33. The number of pyridine rings is 1. The monoisotopic (exact) mass is 571 g/mol. The molecule has 0 spiro atoms. The quantitative estimate of drug-likeness (QED) is 0.245. The molecule has 1 atom stereocenters. The van der Waals surface area contributed by atoms with Gasteiger partial charge in [0.2, 0.25) is 0 Å². The molecule has 0 radical (unpaired) electrons. The number of piperazine rings is 1. The fourth-order valence-electron chi connectivity index (χ4n) is 3.39. The average molecular weight is 572 g/mol. The molecule has 3 heterocycles. The molecule has 0 bridgehead atoms. The van der Waals surface area contributed by atoms with Crippen LogP contribution in [0.1, 0.15) is 11.0 Å². The summed E-state index contributed by atoms with van der Waals surface area (Å²) in [7, 11) is 0. The Bertz CT molecular complexity index is 1240. The Kier molecular flexibility index (Phi) is 12.9. The van der Waals surface area contributed by atoms with Gasteiger partial charge in [-0.05, 0) is 24.3 Å². The number of carboxylic acids is 4. The lowest BCUT2D eigenvalue weighted by molar-refractivity contribution is -0.134. The number of carboxylic acid groups (broad SMARTS) is 4. The van der Waals surface area contributed by atoms with Crippen LogP contribution in [-0.2, 0) is 19.2 Å². The Morgan fingerprint density at radius 2 is 1.35 bits per heavy atom. The number of carbonyl (C=O) groups is 4. The van der Waals surface area contributed by atoms with Crippen molar-refractivity contribution < 1.29 is 39.6 Å². The summed E-state index contributed by atoms with van der Waals surface area (Å²) in [5.74, 6) is -3.97. The van der Waals surface area contributed by atoms with Gasteiger partial charge in [-0.3, -0.25) is 4.90 Å². The number of nitrogens with two attached hydrogens (primary N) is 1. The van der Waals surface area contributed by atoms with E-state index in [2.05, 4.69) is 31.9 Å². The van der Waals surface area contributed by atoms with E-state index < -0.39 is 23.9 Å². The van der Waals surface area contributed by atoms with Crippen molar-refractivity contribution in [2.75, 3.05) is 37.6 Å². The minimum atomic E-state index is -1.26. The number of hydrogen-bond donors (Lipinski definition) is 5. The highest BCUT2D eigenvalue weighted by Crippen LogP contribution is 2.26. The lowest BCUT2D eigenvalue weighted by atomic mass is 10.2. The number of aromatic nitrogens is 2. The number of aliphatic carboxylic acids is 4. The van der Waals surface area contributed by atoms with Crippen molar-refractivity contribution in [2.24, 2.45) is 5.73 Å². The highest BCUT2D eigenvalue weighted by Gasteiger charge is 2.21. The molecule has 1 saturated heterocycles. The van der Waals surface area contributed by atoms with Crippen LogP contribution in [-0.4, -0.2) is 91.9 Å². The minimum Gasteiger partial charge on any atom is -0.478 e. The van der Waals surface area contributed by atoms with Crippen LogP contribution in [0.25, 0.3) is 10.2 Å². The molecule has 1 aliphatic heterocycles. The van der Waals surface area contributed by atoms with Crippen molar-refractivity contribution >= 4 is 51.2 Å². The zero-order chi connectivity index (χ0) is 29.5. The van der Waals surface area contributed by atoms with Gasteiger partial charge >= 0.3 is 23.9 Å². The van der Waals surface area contributed by atoms with Crippen molar-refractivity contribution in [2.45, 2.75) is 6.04 Å². The van der Waals surface area contributed by atoms with Gasteiger partial charge in [-0.1, -0.05) is 18.2 Å². The molecule has 1 fully saturated rings. The van der Waals surface area contributed by atoms with E-state index in [0.29, 0.717) is 24.3 Å². The van der Waals surface area contributed by atoms with Crippen LogP contribution >= 0.6 is 11.3 Å². The lowest BCUT2D eigenvalue weighted by Crippen LogP contribution is -2.48. The van der Waals surface area contributed by atoms with E-state index in [1.807, 2.05) is 36.5 Å². The molecule has 1 unspecified atom stereocenters. The molecule has 14 heteroatoms. The van der Waals surface area contributed by atoms with Crippen LogP contribution in [0.15, 0.2) is 73.0 Å². The van der Waals surface area contributed by atoms with Gasteiger partial charge in [0.15, 0.2) is 0 Å². The summed E-state index contributed by atoms with van der Waals surface area (Å²) in [6, 6.07) is 14.3. The van der Waals surface area contributed by atoms with Crippen LogP contribution in [0.2, 0.25) is 0 Å². The Morgan fingerprint density at radius 1 is 0.825 bits per heavy atom. The molecule has 1 aliphatic rings. The molecule has 212 valence electrons. The second kappa shape index (κ2) is 16.3. The first kappa shape index (κ1) is 31.6. The van der Waals surface area contributed by atoms with Gasteiger partial charge in [-0.2, -0.15) is 0 Å². The lowest BCUT2D eigenvalue weighted by Gasteiger charge is -2.36. The number of fused-ring (bicyclic) bond motifs is 1. The van der Waals surface area contributed by atoms with E-state index in [4.69, 9.17) is 26.2 Å². The fourth-order valence-corrected chi connectivity index (χ4v) is 4.35. The second-order valence-electron chi connectivity index (χ2n) is 8.12. The maximum Gasteiger partial charge on any atom is 0.328 e. The Labute approximate surface area is 233 Å². The third kappa shape index (κ3) is 11.8. The molecule has 6 N–H and O–H groups in total. The van der Waals surface area contributed by atoms with Gasteiger partial charge in [0.25, 0.3) is 0 Å².